The molecule has 2 heterocycles. The Morgan fingerprint density at radius 1 is 1.00 bits per heavy atom. The largest absolute Gasteiger partial charge is 0.491 e. The molecule has 0 N–H and O–H groups in total. The van der Waals surface area contributed by atoms with Crippen molar-refractivity contribution in [1.82, 2.24) is 9.47 Å². The molecule has 6 heteroatoms. The predicted molar refractivity (Wildman–Crippen MR) is 162 cm³/mol. The lowest BCUT2D eigenvalue weighted by Crippen LogP contribution is -2.37. The summed E-state index contributed by atoms with van der Waals surface area (Å²) >= 11 is 1.49. The van der Waals surface area contributed by atoms with Crippen molar-refractivity contribution in [3.8, 4) is 5.75 Å². The van der Waals surface area contributed by atoms with E-state index in [-0.39, 0.29) is 11.9 Å². The molecule has 0 radical (unpaired) electrons. The molecule has 2 aliphatic rings. The first-order valence-corrected chi connectivity index (χ1v) is 14.5. The molecule has 4 aromatic rings. The number of aryl methyl sites for hydroxylation is 2. The molecule has 2 fully saturated rings. The molecular weight excluding hydrogens is 502 g/mol. The van der Waals surface area contributed by atoms with Crippen LogP contribution in [0.1, 0.15) is 42.4 Å². The zero-order valence-electron chi connectivity index (χ0n) is 22.5. The SMILES string of the molecule is Cc1ccc(C)c(OCCn2cc(C=C3SC(=Nc4ccccc4)N(C4CCCC4)C3=O)c3ccccc32)c1. The van der Waals surface area contributed by atoms with Gasteiger partial charge in [-0.3, -0.25) is 9.69 Å². The Balaban J connectivity index is 1.29. The van der Waals surface area contributed by atoms with E-state index in [1.54, 1.807) is 0 Å². The van der Waals surface area contributed by atoms with Crippen LogP contribution in [-0.4, -0.2) is 33.2 Å². The summed E-state index contributed by atoms with van der Waals surface area (Å²) in [5.41, 5.74) is 5.38. The summed E-state index contributed by atoms with van der Waals surface area (Å²) in [4.78, 5) is 21.3. The Bertz CT molecular complexity index is 1560. The molecule has 0 atom stereocenters. The fraction of sp³-hybridized carbons (Fsp3) is 0.273. The number of amidine groups is 1. The molecule has 3 aromatic carbocycles. The number of amides is 1. The number of aromatic nitrogens is 1. The van der Waals surface area contributed by atoms with Crippen molar-refractivity contribution in [3.63, 3.8) is 0 Å². The maximum Gasteiger partial charge on any atom is 0.267 e. The molecule has 1 aromatic heterocycles. The summed E-state index contributed by atoms with van der Waals surface area (Å²) in [6.45, 7) is 5.44. The quantitative estimate of drug-likeness (QED) is 0.226. The van der Waals surface area contributed by atoms with E-state index in [4.69, 9.17) is 9.73 Å². The summed E-state index contributed by atoms with van der Waals surface area (Å²) in [7, 11) is 0. The highest BCUT2D eigenvalue weighted by atomic mass is 32.2. The highest BCUT2D eigenvalue weighted by Gasteiger charge is 2.39. The first-order chi connectivity index (χ1) is 19.1. The Hall–Kier alpha value is -3.77. The van der Waals surface area contributed by atoms with E-state index in [0.29, 0.717) is 13.2 Å². The van der Waals surface area contributed by atoms with Crippen molar-refractivity contribution in [2.24, 2.45) is 4.99 Å². The van der Waals surface area contributed by atoms with Gasteiger partial charge in [-0.1, -0.05) is 61.4 Å². The van der Waals surface area contributed by atoms with Crippen molar-refractivity contribution >= 4 is 45.5 Å². The Morgan fingerprint density at radius 3 is 2.59 bits per heavy atom. The highest BCUT2D eigenvalue weighted by molar-refractivity contribution is 8.18. The van der Waals surface area contributed by atoms with E-state index in [0.717, 1.165) is 69.2 Å². The number of para-hydroxylation sites is 2. The van der Waals surface area contributed by atoms with Gasteiger partial charge < -0.3 is 9.30 Å². The number of carbonyl (C=O) groups is 1. The monoisotopic (exact) mass is 535 g/mol. The lowest BCUT2D eigenvalue weighted by Gasteiger charge is -2.22. The van der Waals surface area contributed by atoms with E-state index in [1.165, 1.54) is 17.3 Å². The van der Waals surface area contributed by atoms with E-state index < -0.39 is 0 Å². The van der Waals surface area contributed by atoms with Gasteiger partial charge >= 0.3 is 0 Å². The number of ether oxygens (including phenoxy) is 1. The smallest absolute Gasteiger partial charge is 0.267 e. The third kappa shape index (κ3) is 5.39. The molecule has 1 saturated carbocycles. The normalized spacial score (nSPS) is 18.2. The van der Waals surface area contributed by atoms with Crippen molar-refractivity contribution < 1.29 is 9.53 Å². The molecule has 39 heavy (non-hydrogen) atoms. The zero-order chi connectivity index (χ0) is 26.8. The van der Waals surface area contributed by atoms with Gasteiger partial charge in [0.2, 0.25) is 0 Å². The first-order valence-electron chi connectivity index (χ1n) is 13.7. The van der Waals surface area contributed by atoms with Crippen LogP contribution in [0.25, 0.3) is 17.0 Å². The average Bonchev–Trinajstić information content (AvgIpc) is 3.66. The van der Waals surface area contributed by atoms with Crippen LogP contribution >= 0.6 is 11.8 Å². The second kappa shape index (κ2) is 11.1. The number of nitrogens with zero attached hydrogens (tertiary/aromatic N) is 3. The van der Waals surface area contributed by atoms with Crippen LogP contribution in [0.2, 0.25) is 0 Å². The van der Waals surface area contributed by atoms with Crippen LogP contribution in [0.3, 0.4) is 0 Å². The minimum Gasteiger partial charge on any atom is -0.491 e. The lowest BCUT2D eigenvalue weighted by atomic mass is 10.1. The third-order valence-electron chi connectivity index (χ3n) is 7.55. The van der Waals surface area contributed by atoms with E-state index in [9.17, 15) is 4.79 Å². The van der Waals surface area contributed by atoms with Gasteiger partial charge in [-0.25, -0.2) is 4.99 Å². The number of rotatable bonds is 7. The average molecular weight is 536 g/mol. The topological polar surface area (TPSA) is 46.8 Å². The maximum absolute atomic E-state index is 13.8. The van der Waals surface area contributed by atoms with Crippen LogP contribution < -0.4 is 4.74 Å². The van der Waals surface area contributed by atoms with Crippen molar-refractivity contribution in [3.05, 3.63) is 101 Å². The molecular formula is C33H33N3O2S. The van der Waals surface area contributed by atoms with Crippen LogP contribution in [0, 0.1) is 13.8 Å². The highest BCUT2D eigenvalue weighted by Crippen LogP contribution is 2.39. The number of hydrogen-bond donors (Lipinski definition) is 0. The van der Waals surface area contributed by atoms with Gasteiger partial charge in [0.1, 0.15) is 12.4 Å². The molecule has 1 aliphatic heterocycles. The minimum absolute atomic E-state index is 0.0664. The molecule has 0 bridgehead atoms. The Morgan fingerprint density at radius 2 is 1.77 bits per heavy atom. The fourth-order valence-electron chi connectivity index (χ4n) is 5.50. The number of benzene rings is 3. The molecule has 0 spiro atoms. The van der Waals surface area contributed by atoms with Crippen LogP contribution in [0.4, 0.5) is 5.69 Å². The molecule has 6 rings (SSSR count). The summed E-state index contributed by atoms with van der Waals surface area (Å²) in [6.07, 6.45) is 8.58. The summed E-state index contributed by atoms with van der Waals surface area (Å²) in [5.74, 6) is 0.996. The molecule has 198 valence electrons. The number of fused-ring (bicyclic) bond motifs is 1. The predicted octanol–water partition coefficient (Wildman–Crippen LogP) is 7.88. The van der Waals surface area contributed by atoms with Gasteiger partial charge in [-0.15, -0.1) is 0 Å². The summed E-state index contributed by atoms with van der Waals surface area (Å²) in [5, 5.41) is 1.92. The molecule has 0 unspecified atom stereocenters. The molecule has 1 aliphatic carbocycles. The van der Waals surface area contributed by atoms with Crippen molar-refractivity contribution in [1.29, 1.82) is 0 Å². The first kappa shape index (κ1) is 25.5. The van der Waals surface area contributed by atoms with E-state index >= 15 is 0 Å². The number of thioether (sulfide) groups is 1. The van der Waals surface area contributed by atoms with Crippen LogP contribution in [-0.2, 0) is 11.3 Å². The van der Waals surface area contributed by atoms with Crippen molar-refractivity contribution in [2.45, 2.75) is 52.1 Å². The van der Waals surface area contributed by atoms with Crippen LogP contribution in [0.5, 0.6) is 5.75 Å². The van der Waals surface area contributed by atoms with Gasteiger partial charge in [-0.05, 0) is 79.9 Å². The van der Waals surface area contributed by atoms with Gasteiger partial charge in [0.15, 0.2) is 5.17 Å². The molecule has 1 saturated heterocycles. The van der Waals surface area contributed by atoms with Crippen molar-refractivity contribution in [2.75, 3.05) is 6.61 Å². The standard InChI is InChI=1S/C33H33N3O2S/c1-23-16-17-24(2)30(20-23)38-19-18-35-22-25(28-14-8-9-15-29(28)35)21-31-32(37)36(27-12-6-7-13-27)33(39-31)34-26-10-4-3-5-11-26/h3-5,8-11,14-17,20-22,27H,6-7,12-13,18-19H2,1-2H3. The zero-order valence-corrected chi connectivity index (χ0v) is 23.3. The maximum atomic E-state index is 13.8. The lowest BCUT2D eigenvalue weighted by molar-refractivity contribution is -0.123. The van der Waals surface area contributed by atoms with Gasteiger partial charge in [0, 0.05) is 28.7 Å². The number of hydrogen-bond acceptors (Lipinski definition) is 4. The second-order valence-corrected chi connectivity index (χ2v) is 11.4. The van der Waals surface area contributed by atoms with E-state index in [2.05, 4.69) is 67.1 Å². The fourth-order valence-corrected chi connectivity index (χ4v) is 6.54. The van der Waals surface area contributed by atoms with Gasteiger partial charge in [-0.2, -0.15) is 0 Å². The molecule has 5 nitrogen and oxygen atoms in total. The van der Waals surface area contributed by atoms with Gasteiger partial charge in [0.05, 0.1) is 17.1 Å². The second-order valence-electron chi connectivity index (χ2n) is 10.4. The van der Waals surface area contributed by atoms with Gasteiger partial charge in [0.25, 0.3) is 5.91 Å². The minimum atomic E-state index is 0.0664. The third-order valence-corrected chi connectivity index (χ3v) is 8.53. The summed E-state index contributed by atoms with van der Waals surface area (Å²) < 4.78 is 8.38. The Kier molecular flexibility index (Phi) is 7.29. The number of aliphatic imine (C=N–C) groups is 1. The summed E-state index contributed by atoms with van der Waals surface area (Å²) in [6, 6.07) is 24.8. The Labute approximate surface area is 234 Å². The number of carbonyl (C=O) groups excluding carboxylic acids is 1. The van der Waals surface area contributed by atoms with Crippen LogP contribution in [0.15, 0.2) is 88.9 Å². The molecule has 1 amide bonds. The van der Waals surface area contributed by atoms with E-state index in [1.807, 2.05) is 41.3 Å².